The zero-order valence-electron chi connectivity index (χ0n) is 8.82. The van der Waals surface area contributed by atoms with Crippen molar-refractivity contribution in [1.29, 1.82) is 0 Å². The van der Waals surface area contributed by atoms with Crippen LogP contribution in [0.2, 0.25) is 5.02 Å². The number of rotatable bonds is 4. The molecule has 0 radical (unpaired) electrons. The third-order valence-electron chi connectivity index (χ3n) is 2.20. The molecule has 1 aromatic carbocycles. The van der Waals surface area contributed by atoms with Gasteiger partial charge in [0.2, 0.25) is 0 Å². The first-order valence-electron chi connectivity index (χ1n) is 4.77. The third-order valence-corrected chi connectivity index (χ3v) is 2.45. The molecule has 0 aromatic heterocycles. The van der Waals surface area contributed by atoms with Gasteiger partial charge in [-0.1, -0.05) is 23.7 Å². The molecule has 2 N–H and O–H groups in total. The van der Waals surface area contributed by atoms with Gasteiger partial charge in [0.15, 0.2) is 0 Å². The van der Waals surface area contributed by atoms with Crippen molar-refractivity contribution in [2.24, 2.45) is 5.73 Å². The minimum atomic E-state index is -1.30. The van der Waals surface area contributed by atoms with Crippen LogP contribution in [-0.4, -0.2) is 19.1 Å². The Labute approximate surface area is 98.3 Å². The van der Waals surface area contributed by atoms with Crippen molar-refractivity contribution < 1.29 is 13.9 Å². The number of methoxy groups -OCH3 is 1. The highest BCUT2D eigenvalue weighted by Gasteiger charge is 2.20. The number of alkyl halides is 1. The smallest absolute Gasteiger partial charge is 0.322 e. The summed E-state index contributed by atoms with van der Waals surface area (Å²) in [6, 6.07) is 5.37. The largest absolute Gasteiger partial charge is 0.468 e. The summed E-state index contributed by atoms with van der Waals surface area (Å²) in [7, 11) is 1.22. The van der Waals surface area contributed by atoms with E-state index in [1.54, 1.807) is 24.3 Å². The highest BCUT2D eigenvalue weighted by atomic mass is 35.5. The van der Waals surface area contributed by atoms with Crippen molar-refractivity contribution in [3.63, 3.8) is 0 Å². The molecule has 0 fully saturated rings. The number of hydrogen-bond acceptors (Lipinski definition) is 3. The predicted octanol–water partition coefficient (Wildman–Crippen LogP) is 2.24. The maximum Gasteiger partial charge on any atom is 0.322 e. The van der Waals surface area contributed by atoms with Crippen LogP contribution in [-0.2, 0) is 9.53 Å². The molecule has 0 saturated heterocycles. The lowest BCUT2D eigenvalue weighted by Gasteiger charge is -2.13. The molecule has 88 valence electrons. The van der Waals surface area contributed by atoms with Gasteiger partial charge in [0.1, 0.15) is 12.2 Å². The van der Waals surface area contributed by atoms with E-state index in [0.29, 0.717) is 10.6 Å². The van der Waals surface area contributed by atoms with Crippen LogP contribution in [0.3, 0.4) is 0 Å². The van der Waals surface area contributed by atoms with Crippen LogP contribution in [0.1, 0.15) is 18.2 Å². The summed E-state index contributed by atoms with van der Waals surface area (Å²) in [4.78, 5) is 11.0. The first kappa shape index (κ1) is 12.9. The Hall–Kier alpha value is -1.13. The van der Waals surface area contributed by atoms with Crippen molar-refractivity contribution in [1.82, 2.24) is 0 Å². The molecule has 0 aliphatic heterocycles. The maximum atomic E-state index is 13.7. The van der Waals surface area contributed by atoms with Crippen LogP contribution in [0.15, 0.2) is 24.3 Å². The molecule has 2 unspecified atom stereocenters. The van der Waals surface area contributed by atoms with Crippen LogP contribution in [0, 0.1) is 0 Å². The zero-order valence-corrected chi connectivity index (χ0v) is 9.58. The van der Waals surface area contributed by atoms with Crippen molar-refractivity contribution in [3.05, 3.63) is 34.9 Å². The quantitative estimate of drug-likeness (QED) is 0.828. The molecule has 0 spiro atoms. The van der Waals surface area contributed by atoms with Crippen LogP contribution < -0.4 is 5.73 Å². The third kappa shape index (κ3) is 3.47. The Morgan fingerprint density at radius 2 is 2.06 bits per heavy atom. The first-order valence-corrected chi connectivity index (χ1v) is 5.15. The lowest BCUT2D eigenvalue weighted by atomic mass is 10.0. The molecule has 0 heterocycles. The van der Waals surface area contributed by atoms with Gasteiger partial charge >= 0.3 is 5.97 Å². The molecular weight excluding hydrogens is 233 g/mol. The molecular formula is C11H13ClFNO2. The zero-order chi connectivity index (χ0) is 12.1. The molecule has 0 amide bonds. The lowest BCUT2D eigenvalue weighted by Crippen LogP contribution is -2.32. The topological polar surface area (TPSA) is 52.3 Å². The SMILES string of the molecule is COC(=O)C(N)CC(F)c1ccc(Cl)cc1. The average molecular weight is 246 g/mol. The summed E-state index contributed by atoms with van der Waals surface area (Å²) in [6.45, 7) is 0. The highest BCUT2D eigenvalue weighted by molar-refractivity contribution is 6.30. The van der Waals surface area contributed by atoms with E-state index in [9.17, 15) is 9.18 Å². The number of halogens is 2. The molecule has 2 atom stereocenters. The van der Waals surface area contributed by atoms with Gasteiger partial charge in [0.25, 0.3) is 0 Å². The van der Waals surface area contributed by atoms with Crippen LogP contribution in [0.4, 0.5) is 4.39 Å². The molecule has 3 nitrogen and oxygen atoms in total. The van der Waals surface area contributed by atoms with Gasteiger partial charge in [-0.2, -0.15) is 0 Å². The second kappa shape index (κ2) is 5.82. The molecule has 0 aliphatic carbocycles. The number of carbonyl (C=O) groups excluding carboxylic acids is 1. The Morgan fingerprint density at radius 1 is 1.50 bits per heavy atom. The van der Waals surface area contributed by atoms with E-state index in [1.165, 1.54) is 7.11 Å². The molecule has 16 heavy (non-hydrogen) atoms. The number of ether oxygens (including phenoxy) is 1. The number of carbonyl (C=O) groups is 1. The fourth-order valence-corrected chi connectivity index (χ4v) is 1.40. The number of nitrogens with two attached hydrogens (primary N) is 1. The second-order valence-electron chi connectivity index (χ2n) is 3.38. The summed E-state index contributed by atoms with van der Waals surface area (Å²) in [5.74, 6) is -0.614. The molecule has 0 saturated carbocycles. The van der Waals surface area contributed by atoms with Gasteiger partial charge in [-0.25, -0.2) is 4.39 Å². The van der Waals surface area contributed by atoms with E-state index in [4.69, 9.17) is 17.3 Å². The van der Waals surface area contributed by atoms with Gasteiger partial charge in [0.05, 0.1) is 7.11 Å². The molecule has 1 rings (SSSR count). The molecule has 5 heteroatoms. The molecule has 0 aliphatic rings. The van der Waals surface area contributed by atoms with E-state index >= 15 is 0 Å². The Morgan fingerprint density at radius 3 is 2.56 bits per heavy atom. The Kier molecular flexibility index (Phi) is 4.71. The Balaban J connectivity index is 2.61. The van der Waals surface area contributed by atoms with Gasteiger partial charge in [0, 0.05) is 11.4 Å². The van der Waals surface area contributed by atoms with Gasteiger partial charge in [-0.15, -0.1) is 0 Å². The first-order chi connectivity index (χ1) is 7.54. The fraction of sp³-hybridized carbons (Fsp3) is 0.364. The van der Waals surface area contributed by atoms with Crippen molar-refractivity contribution in [2.75, 3.05) is 7.11 Å². The highest BCUT2D eigenvalue weighted by Crippen LogP contribution is 2.23. The minimum Gasteiger partial charge on any atom is -0.468 e. The van der Waals surface area contributed by atoms with Crippen molar-refractivity contribution in [2.45, 2.75) is 18.6 Å². The average Bonchev–Trinajstić information content (AvgIpc) is 2.28. The monoisotopic (exact) mass is 245 g/mol. The standard InChI is InChI=1S/C11H13ClFNO2/c1-16-11(15)10(14)6-9(13)7-2-4-8(12)5-3-7/h2-5,9-10H,6,14H2,1H3. The van der Waals surface area contributed by atoms with Gasteiger partial charge in [-0.05, 0) is 17.7 Å². The fourth-order valence-electron chi connectivity index (χ4n) is 1.28. The van der Waals surface area contributed by atoms with E-state index < -0.39 is 18.2 Å². The number of esters is 1. The molecule has 1 aromatic rings. The van der Waals surface area contributed by atoms with Crippen LogP contribution >= 0.6 is 11.6 Å². The second-order valence-corrected chi connectivity index (χ2v) is 3.82. The minimum absolute atomic E-state index is 0.103. The van der Waals surface area contributed by atoms with E-state index in [1.807, 2.05) is 0 Å². The number of hydrogen-bond donors (Lipinski definition) is 1. The normalized spacial score (nSPS) is 14.2. The summed E-state index contributed by atoms with van der Waals surface area (Å²) in [5.41, 5.74) is 5.90. The summed E-state index contributed by atoms with van der Waals surface area (Å²) >= 11 is 5.67. The van der Waals surface area contributed by atoms with E-state index in [0.717, 1.165) is 0 Å². The predicted molar refractivity (Wildman–Crippen MR) is 59.9 cm³/mol. The number of benzene rings is 1. The van der Waals surface area contributed by atoms with Crippen molar-refractivity contribution >= 4 is 17.6 Å². The van der Waals surface area contributed by atoms with Gasteiger partial charge in [-0.3, -0.25) is 4.79 Å². The maximum absolute atomic E-state index is 13.7. The van der Waals surface area contributed by atoms with Crippen LogP contribution in [0.5, 0.6) is 0 Å². The lowest BCUT2D eigenvalue weighted by molar-refractivity contribution is -0.142. The van der Waals surface area contributed by atoms with E-state index in [-0.39, 0.29) is 6.42 Å². The molecule has 0 bridgehead atoms. The van der Waals surface area contributed by atoms with Crippen LogP contribution in [0.25, 0.3) is 0 Å². The van der Waals surface area contributed by atoms with Crippen molar-refractivity contribution in [3.8, 4) is 0 Å². The Bertz CT molecular complexity index is 356. The summed E-state index contributed by atoms with van der Waals surface area (Å²) < 4.78 is 18.1. The summed E-state index contributed by atoms with van der Waals surface area (Å²) in [6.07, 6.45) is -1.40. The summed E-state index contributed by atoms with van der Waals surface area (Å²) in [5, 5.41) is 0.535. The van der Waals surface area contributed by atoms with Gasteiger partial charge < -0.3 is 10.5 Å². The van der Waals surface area contributed by atoms with E-state index in [2.05, 4.69) is 4.74 Å².